The van der Waals surface area contributed by atoms with E-state index in [-0.39, 0.29) is 35.8 Å². The number of piperidine rings is 1. The van der Waals surface area contributed by atoms with Crippen LogP contribution in [0.15, 0.2) is 9.36 Å². The smallest absolute Gasteiger partial charge is 0.115 e. The first kappa shape index (κ1) is 30.4. The summed E-state index contributed by atoms with van der Waals surface area (Å²) in [4.78, 5) is 12.9. The summed E-state index contributed by atoms with van der Waals surface area (Å²) in [7, 11) is 2.38. The van der Waals surface area contributed by atoms with Gasteiger partial charge in [-0.15, -0.1) is 0 Å². The maximum atomic E-state index is 12.6. The third-order valence-corrected chi connectivity index (χ3v) is 11.9. The van der Waals surface area contributed by atoms with E-state index in [1.165, 1.54) is 25.1 Å². The largest absolute Gasteiger partial charge is 0.375 e. The Balaban J connectivity index is 1.22. The number of hydrogen-bond acceptors (Lipinski definition) is 10. The summed E-state index contributed by atoms with van der Waals surface area (Å²) < 4.78 is 23.8. The molecule has 0 aromatic rings. The van der Waals surface area contributed by atoms with Gasteiger partial charge >= 0.3 is 0 Å². The normalized spacial score (nSPS) is 44.3. The lowest BCUT2D eigenvalue weighted by Gasteiger charge is -2.50. The van der Waals surface area contributed by atoms with Crippen molar-refractivity contribution in [2.24, 2.45) is 20.7 Å². The Morgan fingerprint density at radius 1 is 1.12 bits per heavy atom. The van der Waals surface area contributed by atoms with E-state index in [2.05, 4.69) is 65.5 Å². The van der Waals surface area contributed by atoms with Crippen molar-refractivity contribution in [1.29, 1.82) is 0 Å². The number of likely N-dealkylation sites (tertiary alicyclic amines) is 2. The Labute approximate surface area is 249 Å². The van der Waals surface area contributed by atoms with Crippen molar-refractivity contribution in [2.45, 2.75) is 121 Å². The van der Waals surface area contributed by atoms with Gasteiger partial charge in [0, 0.05) is 64.0 Å². The zero-order chi connectivity index (χ0) is 29.2. The van der Waals surface area contributed by atoms with Crippen molar-refractivity contribution < 1.29 is 8.95 Å². The maximum Gasteiger partial charge on any atom is 0.115 e. The molecule has 6 rings (SSSR count). The molecule has 0 amide bonds. The standard InChI is InChI=1S/C30H56N8O2S/c1-29(2)16-24-30(3,19-40-29)21-18-32-28(33-20-13-14-22(31-17-20)23-10-9-15-36(23)4)37(5)27(21)38(24)26-12-8-11-25(34-26)35-41(6,7)39/h20-21,23-28,32-34H,8-19H2,1-7H3/t20?,21?,23-,24+,25?,26?,27?,28?,30+/m1/s1. The molecule has 6 aliphatic rings. The first-order valence-corrected chi connectivity index (χ1v) is 18.5. The van der Waals surface area contributed by atoms with Crippen LogP contribution in [-0.2, 0) is 14.5 Å². The van der Waals surface area contributed by atoms with Gasteiger partial charge in [-0.1, -0.05) is 6.92 Å². The van der Waals surface area contributed by atoms with Crippen molar-refractivity contribution in [2.75, 3.05) is 52.8 Å². The average Bonchev–Trinajstić information content (AvgIpc) is 3.44. The van der Waals surface area contributed by atoms with Gasteiger partial charge in [0.1, 0.15) is 12.5 Å². The lowest BCUT2D eigenvalue weighted by molar-refractivity contribution is -0.141. The van der Waals surface area contributed by atoms with Gasteiger partial charge in [0.25, 0.3) is 0 Å². The van der Waals surface area contributed by atoms with Gasteiger partial charge < -0.3 is 4.74 Å². The molecule has 0 spiro atoms. The first-order valence-electron chi connectivity index (χ1n) is 16.1. The molecule has 0 bridgehead atoms. The lowest BCUT2D eigenvalue weighted by Crippen LogP contribution is -2.70. The second kappa shape index (κ2) is 11.4. The molecule has 0 radical (unpaired) electrons. The molecule has 10 nitrogen and oxygen atoms in total. The second-order valence-electron chi connectivity index (χ2n) is 15.0. The van der Waals surface area contributed by atoms with Crippen molar-refractivity contribution in [3.8, 4) is 0 Å². The number of rotatable bonds is 5. The van der Waals surface area contributed by atoms with E-state index >= 15 is 0 Å². The molecule has 6 heterocycles. The van der Waals surface area contributed by atoms with E-state index < -0.39 is 9.73 Å². The summed E-state index contributed by atoms with van der Waals surface area (Å²) in [5.41, 5.74) is 1.32. The fourth-order valence-corrected chi connectivity index (χ4v) is 9.66. The van der Waals surface area contributed by atoms with Crippen LogP contribution in [0.5, 0.6) is 0 Å². The highest BCUT2D eigenvalue weighted by atomic mass is 32.2. The van der Waals surface area contributed by atoms with Crippen LogP contribution >= 0.6 is 0 Å². The molecular weight excluding hydrogens is 536 g/mol. The van der Waals surface area contributed by atoms with E-state index in [0.29, 0.717) is 24.0 Å². The minimum absolute atomic E-state index is 0.0523. The van der Waals surface area contributed by atoms with Crippen LogP contribution in [0.1, 0.15) is 72.1 Å². The summed E-state index contributed by atoms with van der Waals surface area (Å²) in [6.07, 6.45) is 13.0. The highest BCUT2D eigenvalue weighted by Gasteiger charge is 2.64. The van der Waals surface area contributed by atoms with Crippen LogP contribution in [-0.4, -0.2) is 126 Å². The first-order chi connectivity index (χ1) is 19.3. The van der Waals surface area contributed by atoms with E-state index in [0.717, 1.165) is 58.2 Å². The zero-order valence-corrected chi connectivity index (χ0v) is 27.4. The number of aliphatic imine (C=N–C) groups is 1. The van der Waals surface area contributed by atoms with Gasteiger partial charge in [-0.05, 0) is 85.9 Å². The van der Waals surface area contributed by atoms with Crippen LogP contribution < -0.4 is 16.0 Å². The van der Waals surface area contributed by atoms with Crippen molar-refractivity contribution in [3.05, 3.63) is 0 Å². The molecule has 5 fully saturated rings. The summed E-state index contributed by atoms with van der Waals surface area (Å²) in [6.45, 7) is 10.8. The molecular formula is C30H56N8O2S. The number of hydrogen-bond donors (Lipinski definition) is 3. The van der Waals surface area contributed by atoms with Crippen molar-refractivity contribution >= 4 is 15.4 Å². The molecule has 0 aliphatic carbocycles. The predicted molar refractivity (Wildman–Crippen MR) is 166 cm³/mol. The molecule has 11 heteroatoms. The Hall–Kier alpha value is -0.660. The Bertz CT molecular complexity index is 1120. The number of nitrogens with one attached hydrogen (secondary N) is 3. The van der Waals surface area contributed by atoms with Crippen LogP contribution in [0.25, 0.3) is 0 Å². The lowest BCUT2D eigenvalue weighted by atomic mass is 9.69. The van der Waals surface area contributed by atoms with E-state index in [9.17, 15) is 4.21 Å². The number of nitrogens with zero attached hydrogens (tertiary/aromatic N) is 5. The minimum atomic E-state index is -2.17. The van der Waals surface area contributed by atoms with Crippen LogP contribution in [0.4, 0.5) is 0 Å². The summed E-state index contributed by atoms with van der Waals surface area (Å²) in [5.74, 6) is 0.446. The fourth-order valence-electron chi connectivity index (χ4n) is 8.88. The fraction of sp³-hybridized carbons (Fsp3) is 0.967. The number of ether oxygens (including phenoxy) is 1. The molecule has 6 aliphatic heterocycles. The third-order valence-electron chi connectivity index (χ3n) is 11.1. The molecule has 0 saturated carbocycles. The molecule has 9 atom stereocenters. The third kappa shape index (κ3) is 6.03. The van der Waals surface area contributed by atoms with Crippen molar-refractivity contribution in [3.63, 3.8) is 0 Å². The Morgan fingerprint density at radius 2 is 1.93 bits per heavy atom. The summed E-state index contributed by atoms with van der Waals surface area (Å²) in [6, 6.07) is 1.34. The topological polar surface area (TPSA) is 96.8 Å². The predicted octanol–water partition coefficient (Wildman–Crippen LogP) is 2.08. The van der Waals surface area contributed by atoms with E-state index in [1.807, 2.05) is 0 Å². The highest BCUT2D eigenvalue weighted by Crippen LogP contribution is 2.54. The maximum absolute atomic E-state index is 12.6. The van der Waals surface area contributed by atoms with Crippen LogP contribution in [0.2, 0.25) is 0 Å². The minimum Gasteiger partial charge on any atom is -0.375 e. The molecule has 0 aromatic heterocycles. The average molecular weight is 593 g/mol. The molecule has 0 aromatic carbocycles. The van der Waals surface area contributed by atoms with Gasteiger partial charge in [0.15, 0.2) is 0 Å². The number of fused-ring (bicyclic) bond motifs is 3. The molecule has 6 unspecified atom stereocenters. The van der Waals surface area contributed by atoms with Gasteiger partial charge in [-0.3, -0.25) is 39.9 Å². The molecule has 5 saturated heterocycles. The molecule has 41 heavy (non-hydrogen) atoms. The molecule has 3 N–H and O–H groups in total. The monoisotopic (exact) mass is 592 g/mol. The van der Waals surface area contributed by atoms with E-state index in [4.69, 9.17) is 14.1 Å². The summed E-state index contributed by atoms with van der Waals surface area (Å²) in [5, 5.41) is 11.7. The van der Waals surface area contributed by atoms with Crippen LogP contribution in [0.3, 0.4) is 0 Å². The van der Waals surface area contributed by atoms with Crippen LogP contribution in [0, 0.1) is 11.3 Å². The summed E-state index contributed by atoms with van der Waals surface area (Å²) >= 11 is 0. The second-order valence-corrected chi connectivity index (χ2v) is 17.6. The SMILES string of the molecule is CN1C(NC2CCC([C@H]3CCCN3C)=NC2)NCC2C1N(C1CCCC(N=S(C)(C)=O)N1)[C@H]1CC(C)(C)OC[C@@]21C. The highest BCUT2D eigenvalue weighted by molar-refractivity contribution is 7.92. The molecule has 234 valence electrons. The van der Waals surface area contributed by atoms with Crippen molar-refractivity contribution in [1.82, 2.24) is 30.7 Å². The zero-order valence-electron chi connectivity index (χ0n) is 26.6. The van der Waals surface area contributed by atoms with Gasteiger partial charge in [0.05, 0.1) is 31.1 Å². The Kier molecular flexibility index (Phi) is 8.42. The van der Waals surface area contributed by atoms with Gasteiger partial charge in [-0.25, -0.2) is 4.36 Å². The Morgan fingerprint density at radius 3 is 2.61 bits per heavy atom. The quantitative estimate of drug-likeness (QED) is 0.447. The van der Waals surface area contributed by atoms with Gasteiger partial charge in [-0.2, -0.15) is 0 Å². The van der Waals surface area contributed by atoms with Gasteiger partial charge in [0.2, 0.25) is 0 Å². The van der Waals surface area contributed by atoms with E-state index in [1.54, 1.807) is 12.5 Å².